The number of nitrogens with zero attached hydrogens (tertiary/aromatic N) is 2. The van der Waals surface area contributed by atoms with Gasteiger partial charge in [-0.25, -0.2) is 14.4 Å². The highest BCUT2D eigenvalue weighted by molar-refractivity contribution is 9.10. The van der Waals surface area contributed by atoms with Gasteiger partial charge < -0.3 is 5.32 Å². The van der Waals surface area contributed by atoms with Crippen molar-refractivity contribution in [3.05, 3.63) is 45.5 Å². The molecule has 2 aromatic rings. The zero-order chi connectivity index (χ0) is 13.1. The van der Waals surface area contributed by atoms with E-state index >= 15 is 0 Å². The van der Waals surface area contributed by atoms with Crippen LogP contribution in [0.1, 0.15) is 12.7 Å². The van der Waals surface area contributed by atoms with Crippen molar-refractivity contribution in [2.75, 3.05) is 5.32 Å². The summed E-state index contributed by atoms with van der Waals surface area (Å²) >= 11 is 8.98. The molecular weight excluding hydrogens is 321 g/mol. The third kappa shape index (κ3) is 3.17. The van der Waals surface area contributed by atoms with E-state index in [1.54, 1.807) is 18.2 Å². The van der Waals surface area contributed by atoms with Crippen molar-refractivity contribution in [1.82, 2.24) is 9.97 Å². The first-order valence-corrected chi connectivity index (χ1v) is 6.51. The molecule has 0 aliphatic heterocycles. The van der Waals surface area contributed by atoms with Gasteiger partial charge in [0, 0.05) is 18.2 Å². The lowest BCUT2D eigenvalue weighted by Gasteiger charge is -2.07. The first-order chi connectivity index (χ1) is 8.58. The Morgan fingerprint density at radius 1 is 1.33 bits per heavy atom. The lowest BCUT2D eigenvalue weighted by molar-refractivity contribution is 0.622. The second kappa shape index (κ2) is 5.63. The van der Waals surface area contributed by atoms with Gasteiger partial charge in [-0.1, -0.05) is 18.5 Å². The molecular formula is C12H10BrClFN3. The second-order valence-electron chi connectivity index (χ2n) is 3.60. The van der Waals surface area contributed by atoms with Crippen molar-refractivity contribution < 1.29 is 4.39 Å². The molecule has 0 atom stereocenters. The van der Waals surface area contributed by atoms with Gasteiger partial charge in [0.2, 0.25) is 0 Å². The van der Waals surface area contributed by atoms with Crippen molar-refractivity contribution in [2.24, 2.45) is 0 Å². The third-order valence-electron chi connectivity index (χ3n) is 2.25. The van der Waals surface area contributed by atoms with Crippen LogP contribution in [0.15, 0.2) is 28.7 Å². The molecule has 3 nitrogen and oxygen atoms in total. The summed E-state index contributed by atoms with van der Waals surface area (Å²) in [4.78, 5) is 8.32. The van der Waals surface area contributed by atoms with Crippen molar-refractivity contribution in [1.29, 1.82) is 0 Å². The lowest BCUT2D eigenvalue weighted by Crippen LogP contribution is -1.99. The van der Waals surface area contributed by atoms with Crippen molar-refractivity contribution in [3.63, 3.8) is 0 Å². The third-order valence-corrected chi connectivity index (χ3v) is 3.09. The molecule has 18 heavy (non-hydrogen) atoms. The average molecular weight is 331 g/mol. The monoisotopic (exact) mass is 329 g/mol. The van der Waals surface area contributed by atoms with E-state index in [4.69, 9.17) is 11.6 Å². The van der Waals surface area contributed by atoms with Crippen LogP contribution >= 0.6 is 27.5 Å². The molecule has 1 N–H and O–H groups in total. The summed E-state index contributed by atoms with van der Waals surface area (Å²) in [5.41, 5.74) is 0.604. The normalized spacial score (nSPS) is 10.4. The molecule has 0 saturated carbocycles. The summed E-state index contributed by atoms with van der Waals surface area (Å²) in [5.74, 6) is 0.854. The highest BCUT2D eigenvalue weighted by Crippen LogP contribution is 2.22. The average Bonchev–Trinajstić information content (AvgIpc) is 2.33. The number of nitrogens with one attached hydrogen (secondary N) is 1. The van der Waals surface area contributed by atoms with Crippen LogP contribution in [-0.4, -0.2) is 9.97 Å². The van der Waals surface area contributed by atoms with E-state index in [-0.39, 0.29) is 5.82 Å². The van der Waals surface area contributed by atoms with E-state index in [1.807, 2.05) is 6.92 Å². The van der Waals surface area contributed by atoms with Gasteiger partial charge in [0.15, 0.2) is 0 Å². The van der Waals surface area contributed by atoms with E-state index in [0.29, 0.717) is 33.4 Å². The SMILES string of the molecule is CCc1nc(Cl)cc(Nc2ccc(Br)c(F)c2)n1. The van der Waals surface area contributed by atoms with Crippen LogP contribution in [0.3, 0.4) is 0 Å². The van der Waals surface area contributed by atoms with Gasteiger partial charge in [0.1, 0.15) is 22.6 Å². The van der Waals surface area contributed by atoms with Crippen LogP contribution in [0.5, 0.6) is 0 Å². The van der Waals surface area contributed by atoms with Gasteiger partial charge in [-0.2, -0.15) is 0 Å². The number of rotatable bonds is 3. The zero-order valence-corrected chi connectivity index (χ0v) is 11.9. The second-order valence-corrected chi connectivity index (χ2v) is 4.84. The number of benzene rings is 1. The maximum absolute atomic E-state index is 13.4. The van der Waals surface area contributed by atoms with Gasteiger partial charge in [-0.05, 0) is 34.1 Å². The van der Waals surface area contributed by atoms with Crippen LogP contribution in [-0.2, 0) is 6.42 Å². The largest absolute Gasteiger partial charge is 0.340 e. The fourth-order valence-corrected chi connectivity index (χ4v) is 1.86. The summed E-state index contributed by atoms with van der Waals surface area (Å²) < 4.78 is 13.8. The van der Waals surface area contributed by atoms with Crippen molar-refractivity contribution in [3.8, 4) is 0 Å². The fourth-order valence-electron chi connectivity index (χ4n) is 1.41. The van der Waals surface area contributed by atoms with Crippen LogP contribution in [0.25, 0.3) is 0 Å². The van der Waals surface area contributed by atoms with Crippen LogP contribution < -0.4 is 5.32 Å². The van der Waals surface area contributed by atoms with Gasteiger partial charge in [0.25, 0.3) is 0 Å². The Kier molecular flexibility index (Phi) is 4.14. The Bertz CT molecular complexity index is 577. The van der Waals surface area contributed by atoms with E-state index in [2.05, 4.69) is 31.2 Å². The first kappa shape index (κ1) is 13.2. The molecule has 0 fully saturated rings. The number of hydrogen-bond acceptors (Lipinski definition) is 3. The molecule has 0 aliphatic rings. The number of aromatic nitrogens is 2. The zero-order valence-electron chi connectivity index (χ0n) is 9.54. The summed E-state index contributed by atoms with van der Waals surface area (Å²) in [6, 6.07) is 6.35. The van der Waals surface area contributed by atoms with Crippen LogP contribution in [0, 0.1) is 5.82 Å². The molecule has 2 rings (SSSR count). The van der Waals surface area contributed by atoms with E-state index in [1.165, 1.54) is 6.07 Å². The number of aryl methyl sites for hydroxylation is 1. The van der Waals surface area contributed by atoms with E-state index in [0.717, 1.165) is 0 Å². The Morgan fingerprint density at radius 3 is 2.78 bits per heavy atom. The Balaban J connectivity index is 2.27. The summed E-state index contributed by atoms with van der Waals surface area (Å²) in [6.45, 7) is 1.94. The Hall–Kier alpha value is -1.20. The topological polar surface area (TPSA) is 37.8 Å². The molecule has 94 valence electrons. The quantitative estimate of drug-likeness (QED) is 0.851. The molecule has 0 aliphatic carbocycles. The molecule has 0 saturated heterocycles. The van der Waals surface area contributed by atoms with Crippen LogP contribution in [0.4, 0.5) is 15.9 Å². The number of hydrogen-bond donors (Lipinski definition) is 1. The number of halogens is 3. The summed E-state index contributed by atoms with van der Waals surface area (Å²) in [7, 11) is 0. The highest BCUT2D eigenvalue weighted by atomic mass is 79.9. The molecule has 1 aromatic carbocycles. The van der Waals surface area contributed by atoms with E-state index < -0.39 is 0 Å². The van der Waals surface area contributed by atoms with E-state index in [9.17, 15) is 4.39 Å². The molecule has 0 spiro atoms. The minimum atomic E-state index is -0.337. The molecule has 1 heterocycles. The van der Waals surface area contributed by atoms with Crippen LogP contribution in [0.2, 0.25) is 5.15 Å². The van der Waals surface area contributed by atoms with Gasteiger partial charge in [-0.3, -0.25) is 0 Å². The first-order valence-electron chi connectivity index (χ1n) is 5.34. The standard InChI is InChI=1S/C12H10BrClFN3/c1-2-11-17-10(14)6-12(18-11)16-7-3-4-8(13)9(15)5-7/h3-6H,2H2,1H3,(H,16,17,18). The van der Waals surface area contributed by atoms with Crippen molar-refractivity contribution in [2.45, 2.75) is 13.3 Å². The minimum absolute atomic E-state index is 0.337. The summed E-state index contributed by atoms with van der Waals surface area (Å²) in [5, 5.41) is 3.35. The highest BCUT2D eigenvalue weighted by Gasteiger charge is 2.04. The predicted molar refractivity (Wildman–Crippen MR) is 73.8 cm³/mol. The Morgan fingerprint density at radius 2 is 2.11 bits per heavy atom. The predicted octanol–water partition coefficient (Wildman–Crippen LogP) is 4.34. The maximum atomic E-state index is 13.4. The smallest absolute Gasteiger partial charge is 0.139 e. The van der Waals surface area contributed by atoms with Gasteiger partial charge in [0.05, 0.1) is 4.47 Å². The van der Waals surface area contributed by atoms with Crippen molar-refractivity contribution >= 4 is 39.0 Å². The maximum Gasteiger partial charge on any atom is 0.139 e. The molecule has 0 radical (unpaired) electrons. The summed E-state index contributed by atoms with van der Waals surface area (Å²) in [6.07, 6.45) is 0.684. The molecule has 6 heteroatoms. The lowest BCUT2D eigenvalue weighted by atomic mass is 10.3. The minimum Gasteiger partial charge on any atom is -0.340 e. The fraction of sp³-hybridized carbons (Fsp3) is 0.167. The Labute approximate surface area is 118 Å². The number of anilines is 2. The van der Waals surface area contributed by atoms with Gasteiger partial charge >= 0.3 is 0 Å². The van der Waals surface area contributed by atoms with Gasteiger partial charge in [-0.15, -0.1) is 0 Å². The molecule has 0 bridgehead atoms. The molecule has 0 unspecified atom stereocenters. The molecule has 0 amide bonds. The molecule has 1 aromatic heterocycles.